The zero-order valence-electron chi connectivity index (χ0n) is 8.62. The first-order chi connectivity index (χ1) is 7.25. The van der Waals surface area contributed by atoms with Crippen molar-refractivity contribution in [2.45, 2.75) is 37.8 Å². The van der Waals surface area contributed by atoms with Crippen molar-refractivity contribution in [2.24, 2.45) is 0 Å². The van der Waals surface area contributed by atoms with Crippen LogP contribution in [0.3, 0.4) is 0 Å². The highest BCUT2D eigenvalue weighted by Gasteiger charge is 2.27. The molecule has 0 spiro atoms. The molecular weight excluding hydrogens is 196 g/mol. The topological polar surface area (TPSA) is 67.4 Å². The molecule has 0 aromatic heterocycles. The number of rotatable bonds is 3. The minimum atomic E-state index is -0.334. The lowest BCUT2D eigenvalue weighted by atomic mass is 10.2. The van der Waals surface area contributed by atoms with Crippen LogP contribution in [0.5, 0.6) is 0 Å². The Balaban J connectivity index is 1.70. The molecular formula is C10H16N2O3. The van der Waals surface area contributed by atoms with E-state index in [-0.39, 0.29) is 24.0 Å². The number of ether oxygens (including phenoxy) is 1. The second-order valence-corrected chi connectivity index (χ2v) is 4.04. The number of amides is 2. The standard InChI is InChI=1S/C10H16N2O3/c13-9-4-3-8(12-9)10(14)11-6-7-2-1-5-15-7/h7-8H,1-6H2,(H,11,14)(H,12,13). The Hall–Kier alpha value is -1.10. The normalized spacial score (nSPS) is 30.3. The van der Waals surface area contributed by atoms with Crippen LogP contribution in [0.25, 0.3) is 0 Å². The van der Waals surface area contributed by atoms with E-state index in [1.807, 2.05) is 0 Å². The Morgan fingerprint density at radius 2 is 2.40 bits per heavy atom. The van der Waals surface area contributed by atoms with Crippen LogP contribution in [0.1, 0.15) is 25.7 Å². The summed E-state index contributed by atoms with van der Waals surface area (Å²) in [6.07, 6.45) is 3.30. The number of hydrogen-bond acceptors (Lipinski definition) is 3. The molecule has 2 aliphatic rings. The number of hydrogen-bond donors (Lipinski definition) is 2. The molecule has 2 N–H and O–H groups in total. The molecule has 5 nitrogen and oxygen atoms in total. The molecule has 0 saturated carbocycles. The fourth-order valence-corrected chi connectivity index (χ4v) is 1.95. The van der Waals surface area contributed by atoms with Gasteiger partial charge in [0.1, 0.15) is 6.04 Å². The molecule has 0 aromatic rings. The SMILES string of the molecule is O=C1CCC(C(=O)NCC2CCCO2)N1. The molecule has 84 valence electrons. The van der Waals surface area contributed by atoms with Crippen molar-refractivity contribution in [3.8, 4) is 0 Å². The van der Waals surface area contributed by atoms with Crippen LogP contribution in [0, 0.1) is 0 Å². The largest absolute Gasteiger partial charge is 0.376 e. The molecule has 2 amide bonds. The van der Waals surface area contributed by atoms with Gasteiger partial charge < -0.3 is 15.4 Å². The van der Waals surface area contributed by atoms with Gasteiger partial charge in [-0.1, -0.05) is 0 Å². The summed E-state index contributed by atoms with van der Waals surface area (Å²) in [4.78, 5) is 22.5. The molecule has 2 unspecified atom stereocenters. The highest BCUT2D eigenvalue weighted by atomic mass is 16.5. The van der Waals surface area contributed by atoms with Gasteiger partial charge in [-0.2, -0.15) is 0 Å². The summed E-state index contributed by atoms with van der Waals surface area (Å²) in [6, 6.07) is -0.334. The number of carbonyl (C=O) groups is 2. The quantitative estimate of drug-likeness (QED) is 0.666. The van der Waals surface area contributed by atoms with Crippen LogP contribution in [-0.2, 0) is 14.3 Å². The molecule has 2 fully saturated rings. The molecule has 0 aromatic carbocycles. The molecule has 2 saturated heterocycles. The van der Waals surface area contributed by atoms with Gasteiger partial charge in [-0.15, -0.1) is 0 Å². The molecule has 2 heterocycles. The maximum absolute atomic E-state index is 11.6. The van der Waals surface area contributed by atoms with Crippen LogP contribution in [0.15, 0.2) is 0 Å². The summed E-state index contributed by atoms with van der Waals surface area (Å²) in [6.45, 7) is 1.35. The summed E-state index contributed by atoms with van der Waals surface area (Å²) in [7, 11) is 0. The predicted octanol–water partition coefficient (Wildman–Crippen LogP) is -0.440. The number of carbonyl (C=O) groups excluding carboxylic acids is 2. The third-order valence-electron chi connectivity index (χ3n) is 2.84. The average Bonchev–Trinajstić information content (AvgIpc) is 2.84. The summed E-state index contributed by atoms with van der Waals surface area (Å²) >= 11 is 0. The lowest BCUT2D eigenvalue weighted by Crippen LogP contribution is -2.44. The first-order valence-electron chi connectivity index (χ1n) is 5.44. The Kier molecular flexibility index (Phi) is 3.20. The van der Waals surface area contributed by atoms with Crippen LogP contribution in [0.4, 0.5) is 0 Å². The Morgan fingerprint density at radius 3 is 3.00 bits per heavy atom. The van der Waals surface area contributed by atoms with Gasteiger partial charge in [0.15, 0.2) is 0 Å². The average molecular weight is 212 g/mol. The van der Waals surface area contributed by atoms with E-state index in [0.29, 0.717) is 19.4 Å². The van der Waals surface area contributed by atoms with Crippen molar-refractivity contribution < 1.29 is 14.3 Å². The lowest BCUT2D eigenvalue weighted by molar-refractivity contribution is -0.126. The van der Waals surface area contributed by atoms with Gasteiger partial charge >= 0.3 is 0 Å². The van der Waals surface area contributed by atoms with Crippen LogP contribution in [0.2, 0.25) is 0 Å². The van der Waals surface area contributed by atoms with Crippen LogP contribution in [-0.4, -0.2) is 37.1 Å². The van der Waals surface area contributed by atoms with Gasteiger partial charge in [0.25, 0.3) is 0 Å². The molecule has 15 heavy (non-hydrogen) atoms. The molecule has 0 bridgehead atoms. The number of nitrogens with one attached hydrogen (secondary N) is 2. The summed E-state index contributed by atoms with van der Waals surface area (Å²) in [5.41, 5.74) is 0. The first kappa shape index (κ1) is 10.4. The highest BCUT2D eigenvalue weighted by Crippen LogP contribution is 2.11. The third-order valence-corrected chi connectivity index (χ3v) is 2.84. The Bertz CT molecular complexity index is 261. The van der Waals surface area contributed by atoms with E-state index in [2.05, 4.69) is 10.6 Å². The molecule has 2 atom stereocenters. The highest BCUT2D eigenvalue weighted by molar-refractivity contribution is 5.90. The van der Waals surface area contributed by atoms with Gasteiger partial charge in [0.2, 0.25) is 11.8 Å². The van der Waals surface area contributed by atoms with Gasteiger partial charge in [-0.3, -0.25) is 9.59 Å². The van der Waals surface area contributed by atoms with E-state index in [1.54, 1.807) is 0 Å². The van der Waals surface area contributed by atoms with E-state index in [0.717, 1.165) is 19.4 Å². The molecule has 5 heteroatoms. The van der Waals surface area contributed by atoms with Crippen molar-refractivity contribution in [3.05, 3.63) is 0 Å². The van der Waals surface area contributed by atoms with Crippen molar-refractivity contribution in [1.29, 1.82) is 0 Å². The zero-order chi connectivity index (χ0) is 10.7. The fraction of sp³-hybridized carbons (Fsp3) is 0.800. The maximum Gasteiger partial charge on any atom is 0.242 e. The second kappa shape index (κ2) is 4.61. The zero-order valence-corrected chi connectivity index (χ0v) is 8.62. The smallest absolute Gasteiger partial charge is 0.242 e. The third kappa shape index (κ3) is 2.68. The summed E-state index contributed by atoms with van der Waals surface area (Å²) < 4.78 is 5.39. The Labute approximate surface area is 88.5 Å². The van der Waals surface area contributed by atoms with Crippen molar-refractivity contribution >= 4 is 11.8 Å². The van der Waals surface area contributed by atoms with E-state index in [4.69, 9.17) is 4.74 Å². The van der Waals surface area contributed by atoms with Crippen molar-refractivity contribution in [3.63, 3.8) is 0 Å². The predicted molar refractivity (Wildman–Crippen MR) is 53.1 cm³/mol. The van der Waals surface area contributed by atoms with E-state index in [1.165, 1.54) is 0 Å². The van der Waals surface area contributed by atoms with E-state index < -0.39 is 0 Å². The maximum atomic E-state index is 11.6. The van der Waals surface area contributed by atoms with Gasteiger partial charge in [0.05, 0.1) is 6.10 Å². The minimum absolute atomic E-state index is 0.0349. The minimum Gasteiger partial charge on any atom is -0.376 e. The van der Waals surface area contributed by atoms with Crippen molar-refractivity contribution in [1.82, 2.24) is 10.6 Å². The summed E-state index contributed by atoms with van der Waals surface area (Å²) in [5, 5.41) is 5.45. The van der Waals surface area contributed by atoms with E-state index >= 15 is 0 Å². The van der Waals surface area contributed by atoms with Gasteiger partial charge in [-0.05, 0) is 19.3 Å². The summed E-state index contributed by atoms with van der Waals surface area (Å²) in [5.74, 6) is -0.122. The lowest BCUT2D eigenvalue weighted by Gasteiger charge is -2.13. The Morgan fingerprint density at radius 1 is 1.53 bits per heavy atom. The second-order valence-electron chi connectivity index (χ2n) is 4.04. The van der Waals surface area contributed by atoms with Gasteiger partial charge in [0, 0.05) is 19.6 Å². The molecule has 2 aliphatic heterocycles. The van der Waals surface area contributed by atoms with Crippen LogP contribution < -0.4 is 10.6 Å². The molecule has 0 aliphatic carbocycles. The molecule has 0 radical (unpaired) electrons. The van der Waals surface area contributed by atoms with Gasteiger partial charge in [-0.25, -0.2) is 0 Å². The fourth-order valence-electron chi connectivity index (χ4n) is 1.95. The van der Waals surface area contributed by atoms with Crippen LogP contribution >= 0.6 is 0 Å². The molecule has 2 rings (SSSR count). The first-order valence-corrected chi connectivity index (χ1v) is 5.44. The van der Waals surface area contributed by atoms with E-state index in [9.17, 15) is 9.59 Å². The van der Waals surface area contributed by atoms with Crippen molar-refractivity contribution in [2.75, 3.05) is 13.2 Å². The monoisotopic (exact) mass is 212 g/mol.